The lowest BCUT2D eigenvalue weighted by atomic mass is 9.89. The first kappa shape index (κ1) is 53.5. The second-order valence-electron chi connectivity index (χ2n) is 18.8. The summed E-state index contributed by atoms with van der Waals surface area (Å²) in [6.45, 7) is 5.76. The number of benzene rings is 6. The van der Waals surface area contributed by atoms with Crippen molar-refractivity contribution in [2.24, 2.45) is 0 Å². The van der Waals surface area contributed by atoms with Crippen LogP contribution in [0.4, 0.5) is 0 Å². The van der Waals surface area contributed by atoms with Gasteiger partial charge in [0.15, 0.2) is 0 Å². The fourth-order valence-corrected chi connectivity index (χ4v) is 11.0. The van der Waals surface area contributed by atoms with Crippen LogP contribution in [0.5, 0.6) is 23.0 Å². The third kappa shape index (κ3) is 10.3. The monoisotopic (exact) mass is 982 g/mol. The van der Waals surface area contributed by atoms with Gasteiger partial charge >= 0.3 is 5.97 Å². The largest absolute Gasteiger partial charge is 0.497 e. The summed E-state index contributed by atoms with van der Waals surface area (Å²) in [7, 11) is 7.90. The van der Waals surface area contributed by atoms with Crippen molar-refractivity contribution in [2.75, 3.05) is 35.5 Å². The SMILES string of the molecule is COC(=O)c1ccc2c(c1)[C@@H](C)CCc1c-2cc(CO)c(CO)c1OC.COc1c(CO)c(CO)cc2c1CC[C@H](C)c1ccccc1-2.COc1ccc2c(c1)[C@@H](C)CCc1c-2cc(CO)c(CO)c1OC. The van der Waals surface area contributed by atoms with Crippen molar-refractivity contribution in [1.82, 2.24) is 0 Å². The summed E-state index contributed by atoms with van der Waals surface area (Å²) in [4.78, 5) is 11.9. The van der Waals surface area contributed by atoms with Gasteiger partial charge in [0.1, 0.15) is 23.0 Å². The van der Waals surface area contributed by atoms with Gasteiger partial charge in [-0.25, -0.2) is 4.79 Å². The van der Waals surface area contributed by atoms with E-state index in [-0.39, 0.29) is 51.5 Å². The summed E-state index contributed by atoms with van der Waals surface area (Å²) < 4.78 is 27.1. The molecule has 9 rings (SSSR count). The van der Waals surface area contributed by atoms with Crippen molar-refractivity contribution in [1.29, 1.82) is 0 Å². The lowest BCUT2D eigenvalue weighted by Gasteiger charge is -2.19. The summed E-state index contributed by atoms with van der Waals surface area (Å²) in [5.74, 6) is 3.70. The van der Waals surface area contributed by atoms with Crippen molar-refractivity contribution in [3.8, 4) is 56.4 Å². The number of rotatable bonds is 11. The third-order valence-corrected chi connectivity index (χ3v) is 15.0. The molecule has 3 aliphatic carbocycles. The second kappa shape index (κ2) is 24.0. The number of hydrogen-bond acceptors (Lipinski definition) is 12. The van der Waals surface area contributed by atoms with Gasteiger partial charge < -0.3 is 54.3 Å². The summed E-state index contributed by atoms with van der Waals surface area (Å²) in [6.07, 6.45) is 5.50. The Morgan fingerprint density at radius 1 is 0.444 bits per heavy atom. The van der Waals surface area contributed by atoms with E-state index in [2.05, 4.69) is 51.1 Å². The van der Waals surface area contributed by atoms with Crippen LogP contribution in [-0.2, 0) is 63.6 Å². The molecule has 6 N–H and O–H groups in total. The quantitative estimate of drug-likeness (QED) is 0.0677. The van der Waals surface area contributed by atoms with E-state index in [9.17, 15) is 35.4 Å². The average Bonchev–Trinajstić information content (AvgIpc) is 3.73. The van der Waals surface area contributed by atoms with Gasteiger partial charge in [-0.2, -0.15) is 0 Å². The number of carbonyl (C=O) groups excluding carboxylic acids is 1. The highest BCUT2D eigenvalue weighted by molar-refractivity contribution is 5.91. The number of methoxy groups -OCH3 is 5. The van der Waals surface area contributed by atoms with Crippen LogP contribution >= 0.6 is 0 Å². The van der Waals surface area contributed by atoms with Crippen molar-refractivity contribution >= 4 is 5.97 Å². The molecule has 0 heterocycles. The molecule has 6 aromatic rings. The number of aliphatic hydroxyl groups excluding tert-OH is 6. The molecule has 12 nitrogen and oxygen atoms in total. The van der Waals surface area contributed by atoms with E-state index < -0.39 is 0 Å². The molecule has 0 unspecified atom stereocenters. The smallest absolute Gasteiger partial charge is 0.337 e. The predicted molar refractivity (Wildman–Crippen MR) is 279 cm³/mol. The van der Waals surface area contributed by atoms with Crippen LogP contribution < -0.4 is 18.9 Å². The number of carbonyl (C=O) groups is 1. The van der Waals surface area contributed by atoms with Crippen LogP contribution in [0.1, 0.15) is 135 Å². The molecule has 72 heavy (non-hydrogen) atoms. The molecule has 12 heteroatoms. The number of aliphatic hydroxyl groups is 6. The van der Waals surface area contributed by atoms with E-state index in [0.29, 0.717) is 56.7 Å². The molecule has 0 bridgehead atoms. The zero-order valence-electron chi connectivity index (χ0n) is 42.9. The first-order valence-electron chi connectivity index (χ1n) is 24.7. The molecule has 0 fully saturated rings. The molecular formula is C60H70O12. The van der Waals surface area contributed by atoms with Crippen LogP contribution in [0.2, 0.25) is 0 Å². The van der Waals surface area contributed by atoms with E-state index in [1.54, 1.807) is 34.5 Å². The minimum Gasteiger partial charge on any atom is -0.497 e. The predicted octanol–water partition coefficient (Wildman–Crippen LogP) is 9.98. The molecular weight excluding hydrogens is 913 g/mol. The molecule has 3 atom stereocenters. The third-order valence-electron chi connectivity index (χ3n) is 15.0. The van der Waals surface area contributed by atoms with Crippen LogP contribution in [0.25, 0.3) is 33.4 Å². The lowest BCUT2D eigenvalue weighted by Crippen LogP contribution is -2.05. The molecule has 3 aliphatic rings. The second-order valence-corrected chi connectivity index (χ2v) is 18.8. The Morgan fingerprint density at radius 3 is 1.22 bits per heavy atom. The zero-order valence-corrected chi connectivity index (χ0v) is 42.9. The van der Waals surface area contributed by atoms with Crippen molar-refractivity contribution in [3.63, 3.8) is 0 Å². The van der Waals surface area contributed by atoms with Crippen LogP contribution in [0.3, 0.4) is 0 Å². The van der Waals surface area contributed by atoms with Crippen LogP contribution in [0.15, 0.2) is 78.9 Å². The van der Waals surface area contributed by atoms with Crippen molar-refractivity contribution in [2.45, 2.75) is 117 Å². The highest BCUT2D eigenvalue weighted by atomic mass is 16.5. The van der Waals surface area contributed by atoms with E-state index in [0.717, 1.165) is 106 Å². The lowest BCUT2D eigenvalue weighted by molar-refractivity contribution is 0.0600. The molecule has 0 saturated carbocycles. The van der Waals surface area contributed by atoms with Gasteiger partial charge in [-0.15, -0.1) is 0 Å². The maximum Gasteiger partial charge on any atom is 0.337 e. The summed E-state index contributed by atoms with van der Waals surface area (Å²) in [6, 6.07) is 26.1. The first-order valence-corrected chi connectivity index (χ1v) is 24.7. The highest BCUT2D eigenvalue weighted by Gasteiger charge is 2.29. The minimum atomic E-state index is -0.353. The fourth-order valence-electron chi connectivity index (χ4n) is 11.0. The number of fused-ring (bicyclic) bond motifs is 9. The van der Waals surface area contributed by atoms with E-state index in [4.69, 9.17) is 23.7 Å². The number of hydrogen-bond donors (Lipinski definition) is 6. The molecule has 0 radical (unpaired) electrons. The van der Waals surface area contributed by atoms with Crippen LogP contribution in [0, 0.1) is 0 Å². The van der Waals surface area contributed by atoms with E-state index in [1.165, 1.54) is 23.8 Å². The van der Waals surface area contributed by atoms with Crippen molar-refractivity contribution < 1.29 is 59.1 Å². The topological polar surface area (TPSA) is 185 Å². The Labute approximate surface area is 423 Å². The normalized spacial score (nSPS) is 16.1. The van der Waals surface area contributed by atoms with Gasteiger partial charge in [-0.3, -0.25) is 0 Å². The number of ether oxygens (including phenoxy) is 5. The van der Waals surface area contributed by atoms with Crippen LogP contribution in [-0.4, -0.2) is 72.2 Å². The Kier molecular flexibility index (Phi) is 17.8. The van der Waals surface area contributed by atoms with Gasteiger partial charge in [0, 0.05) is 33.4 Å². The van der Waals surface area contributed by atoms with Gasteiger partial charge in [-0.1, -0.05) is 57.2 Å². The van der Waals surface area contributed by atoms with Gasteiger partial charge in [0.05, 0.1) is 80.8 Å². The Morgan fingerprint density at radius 2 is 0.833 bits per heavy atom. The molecule has 0 spiro atoms. The summed E-state index contributed by atoms with van der Waals surface area (Å²) >= 11 is 0. The van der Waals surface area contributed by atoms with E-state index in [1.807, 2.05) is 42.5 Å². The number of esters is 1. The minimum absolute atomic E-state index is 0.0999. The standard InChI is InChI=1S/C21H24O5.C20H24O4.C19H22O3/c1-12-4-6-16-18(9-14(10-22)19(11-23)20(16)25-2)15-7-5-13(8-17(12)15)21(24)26-3;1-12-4-6-16-18(15-7-5-14(23-2)9-17(12)15)8-13(10-21)19(11-22)20(16)24-3;1-12-7-8-16-17(15-6-4-3-5-14(12)15)9-13(10-20)18(11-21)19(16)22-2/h5,7-9,12,22-23H,4,6,10-11H2,1-3H3;5,7-9,12,21-22H,4,6,10-11H2,1-3H3;3-6,9,12,20-21H,7-8,10-11H2,1-2H3/t3*12-/m000/s1. The van der Waals surface area contributed by atoms with Gasteiger partial charge in [0.2, 0.25) is 0 Å². The molecule has 0 aliphatic heterocycles. The Bertz CT molecular complexity index is 2900. The molecule has 6 aromatic carbocycles. The fraction of sp³-hybridized carbons (Fsp3) is 0.383. The molecule has 382 valence electrons. The van der Waals surface area contributed by atoms with Crippen molar-refractivity contribution in [3.05, 3.63) is 151 Å². The van der Waals surface area contributed by atoms with Gasteiger partial charge in [-0.05, 0) is 166 Å². The van der Waals surface area contributed by atoms with E-state index >= 15 is 0 Å². The first-order chi connectivity index (χ1) is 34.9. The Hall–Kier alpha value is -6.25. The summed E-state index contributed by atoms with van der Waals surface area (Å²) in [5.41, 5.74) is 18.2. The summed E-state index contributed by atoms with van der Waals surface area (Å²) in [5, 5.41) is 58.4. The highest BCUT2D eigenvalue weighted by Crippen LogP contribution is 2.48. The molecule has 0 amide bonds. The molecule has 0 aromatic heterocycles. The maximum atomic E-state index is 11.9. The zero-order chi connectivity index (χ0) is 51.8. The van der Waals surface area contributed by atoms with Gasteiger partial charge in [0.25, 0.3) is 0 Å². The average molecular weight is 983 g/mol. The molecule has 0 saturated heterocycles. The maximum absolute atomic E-state index is 11.9. The Balaban J connectivity index is 0.000000159.